The molecule has 1 aromatic rings. The Morgan fingerprint density at radius 1 is 1.05 bits per heavy atom. The number of nitrogens with zero attached hydrogens (tertiary/aromatic N) is 3. The summed E-state index contributed by atoms with van der Waals surface area (Å²) in [6, 6.07) is 1.55. The normalized spacial score (nSPS) is 9.90. The maximum absolute atomic E-state index is 12.5. The predicted molar refractivity (Wildman–Crippen MR) is 71.4 cm³/mol. The van der Waals surface area contributed by atoms with E-state index in [0.29, 0.717) is 11.4 Å². The number of aromatic nitrogens is 2. The van der Waals surface area contributed by atoms with Gasteiger partial charge in [0.1, 0.15) is 13.1 Å². The van der Waals surface area contributed by atoms with Gasteiger partial charge >= 0.3 is 11.9 Å². The second kappa shape index (κ2) is 7.32. The molecule has 0 spiro atoms. The first kappa shape index (κ1) is 16.5. The largest absolute Gasteiger partial charge is 0.468 e. The summed E-state index contributed by atoms with van der Waals surface area (Å²) in [4.78, 5) is 36.3. The van der Waals surface area contributed by atoms with Gasteiger partial charge in [0.25, 0.3) is 5.91 Å². The van der Waals surface area contributed by atoms with E-state index in [1.807, 2.05) is 0 Å². The number of rotatable bonds is 5. The van der Waals surface area contributed by atoms with E-state index >= 15 is 0 Å². The molecule has 0 N–H and O–H groups in total. The molecule has 0 aliphatic rings. The van der Waals surface area contributed by atoms with Gasteiger partial charge in [-0.3, -0.25) is 14.4 Å². The molecule has 0 radical (unpaired) electrons. The maximum Gasteiger partial charge on any atom is 0.325 e. The molecule has 0 atom stereocenters. The summed E-state index contributed by atoms with van der Waals surface area (Å²) >= 11 is 0. The van der Waals surface area contributed by atoms with E-state index in [1.54, 1.807) is 19.9 Å². The van der Waals surface area contributed by atoms with Crippen LogP contribution in [0.3, 0.4) is 0 Å². The zero-order valence-corrected chi connectivity index (χ0v) is 12.4. The molecule has 1 aromatic heterocycles. The standard InChI is InChI=1S/C13H17N3O5/c1-8-5-10(9(2)15-14-8)13(19)16(6-11(17)20-3)7-12(18)21-4/h5H,6-7H2,1-4H3. The van der Waals surface area contributed by atoms with E-state index in [4.69, 9.17) is 0 Å². The highest BCUT2D eigenvalue weighted by Gasteiger charge is 2.24. The van der Waals surface area contributed by atoms with Crippen molar-refractivity contribution < 1.29 is 23.9 Å². The van der Waals surface area contributed by atoms with Crippen molar-refractivity contribution in [3.8, 4) is 0 Å². The Bertz CT molecular complexity index is 541. The van der Waals surface area contributed by atoms with Crippen molar-refractivity contribution in [1.29, 1.82) is 0 Å². The molecule has 0 saturated carbocycles. The van der Waals surface area contributed by atoms with E-state index in [1.165, 1.54) is 14.2 Å². The second-order valence-electron chi connectivity index (χ2n) is 4.30. The third-order valence-electron chi connectivity index (χ3n) is 2.71. The smallest absolute Gasteiger partial charge is 0.325 e. The Morgan fingerprint density at radius 3 is 2.05 bits per heavy atom. The van der Waals surface area contributed by atoms with Crippen LogP contribution in [-0.2, 0) is 19.1 Å². The molecule has 114 valence electrons. The van der Waals surface area contributed by atoms with Gasteiger partial charge in [0.2, 0.25) is 0 Å². The topological polar surface area (TPSA) is 98.7 Å². The summed E-state index contributed by atoms with van der Waals surface area (Å²) < 4.78 is 9.05. The van der Waals surface area contributed by atoms with Gasteiger partial charge in [0.05, 0.1) is 31.2 Å². The Hall–Kier alpha value is -2.51. The summed E-state index contributed by atoms with van der Waals surface area (Å²) in [7, 11) is 2.40. The number of methoxy groups -OCH3 is 2. The van der Waals surface area contributed by atoms with Crippen LogP contribution in [0.2, 0.25) is 0 Å². The predicted octanol–water partition coefficient (Wildman–Crippen LogP) is -0.118. The van der Waals surface area contributed by atoms with Crippen LogP contribution in [0.25, 0.3) is 0 Å². The highest BCUT2D eigenvalue weighted by Crippen LogP contribution is 2.10. The van der Waals surface area contributed by atoms with Crippen LogP contribution in [0.15, 0.2) is 6.07 Å². The Balaban J connectivity index is 3.05. The first-order chi connectivity index (χ1) is 9.88. The molecule has 8 heteroatoms. The molecule has 1 amide bonds. The van der Waals surface area contributed by atoms with E-state index in [0.717, 1.165) is 4.90 Å². The second-order valence-corrected chi connectivity index (χ2v) is 4.30. The molecule has 21 heavy (non-hydrogen) atoms. The van der Waals surface area contributed by atoms with Gasteiger partial charge in [-0.05, 0) is 19.9 Å². The molecule has 0 bridgehead atoms. The average molecular weight is 295 g/mol. The zero-order valence-electron chi connectivity index (χ0n) is 12.4. The van der Waals surface area contributed by atoms with Crippen molar-refractivity contribution in [1.82, 2.24) is 15.1 Å². The van der Waals surface area contributed by atoms with E-state index in [-0.39, 0.29) is 18.7 Å². The Morgan fingerprint density at radius 2 is 1.57 bits per heavy atom. The van der Waals surface area contributed by atoms with Gasteiger partial charge < -0.3 is 14.4 Å². The van der Waals surface area contributed by atoms with Gasteiger partial charge in [-0.1, -0.05) is 0 Å². The molecule has 8 nitrogen and oxygen atoms in total. The van der Waals surface area contributed by atoms with Gasteiger partial charge in [0.15, 0.2) is 0 Å². The number of amides is 1. The minimum absolute atomic E-state index is 0.273. The molecule has 0 saturated heterocycles. The monoisotopic (exact) mass is 295 g/mol. The van der Waals surface area contributed by atoms with Crippen molar-refractivity contribution in [2.45, 2.75) is 13.8 Å². The van der Waals surface area contributed by atoms with Gasteiger partial charge in [0, 0.05) is 0 Å². The van der Waals surface area contributed by atoms with Crippen LogP contribution in [0, 0.1) is 13.8 Å². The molecule has 0 aliphatic heterocycles. The van der Waals surface area contributed by atoms with Crippen molar-refractivity contribution in [3.05, 3.63) is 23.0 Å². The summed E-state index contributed by atoms with van der Waals surface area (Å²) in [5, 5.41) is 7.68. The van der Waals surface area contributed by atoms with Crippen molar-refractivity contribution in [3.63, 3.8) is 0 Å². The Labute approximate surface area is 122 Å². The number of esters is 2. The van der Waals surface area contributed by atoms with Gasteiger partial charge in [-0.15, -0.1) is 0 Å². The minimum Gasteiger partial charge on any atom is -0.468 e. The molecule has 0 unspecified atom stereocenters. The number of carbonyl (C=O) groups excluding carboxylic acids is 3. The summed E-state index contributed by atoms with van der Waals surface area (Å²) in [5.74, 6) is -1.78. The van der Waals surface area contributed by atoms with Crippen LogP contribution in [0.1, 0.15) is 21.7 Å². The number of carbonyl (C=O) groups is 3. The number of aryl methyl sites for hydroxylation is 2. The van der Waals surface area contributed by atoms with Gasteiger partial charge in [-0.25, -0.2) is 0 Å². The summed E-state index contributed by atoms with van der Waals surface area (Å²) in [6.07, 6.45) is 0. The lowest BCUT2D eigenvalue weighted by atomic mass is 10.1. The highest BCUT2D eigenvalue weighted by atomic mass is 16.5. The lowest BCUT2D eigenvalue weighted by Gasteiger charge is -2.20. The van der Waals surface area contributed by atoms with Crippen LogP contribution in [-0.4, -0.2) is 60.3 Å². The lowest BCUT2D eigenvalue weighted by Crippen LogP contribution is -2.40. The maximum atomic E-state index is 12.5. The SMILES string of the molecule is COC(=O)CN(CC(=O)OC)C(=O)c1cc(C)nnc1C. The van der Waals surface area contributed by atoms with E-state index in [2.05, 4.69) is 19.7 Å². The van der Waals surface area contributed by atoms with Crippen molar-refractivity contribution in [2.24, 2.45) is 0 Å². The van der Waals surface area contributed by atoms with Crippen LogP contribution >= 0.6 is 0 Å². The fourth-order valence-corrected chi connectivity index (χ4v) is 1.58. The summed E-state index contributed by atoms with van der Waals surface area (Å²) in [6.45, 7) is 2.60. The fourth-order valence-electron chi connectivity index (χ4n) is 1.58. The molecule has 1 rings (SSSR count). The van der Waals surface area contributed by atoms with Crippen LogP contribution < -0.4 is 0 Å². The third-order valence-corrected chi connectivity index (χ3v) is 2.71. The minimum atomic E-state index is -0.636. The number of ether oxygens (including phenoxy) is 2. The molecule has 0 fully saturated rings. The Kier molecular flexibility index (Phi) is 5.77. The number of hydrogen-bond donors (Lipinski definition) is 0. The van der Waals surface area contributed by atoms with Gasteiger partial charge in [-0.2, -0.15) is 10.2 Å². The lowest BCUT2D eigenvalue weighted by molar-refractivity contribution is -0.144. The van der Waals surface area contributed by atoms with E-state index < -0.39 is 17.8 Å². The molecule has 0 aromatic carbocycles. The van der Waals surface area contributed by atoms with Crippen molar-refractivity contribution >= 4 is 17.8 Å². The van der Waals surface area contributed by atoms with Crippen LogP contribution in [0.4, 0.5) is 0 Å². The molecule has 1 heterocycles. The van der Waals surface area contributed by atoms with Crippen molar-refractivity contribution in [2.75, 3.05) is 27.3 Å². The first-order valence-electron chi connectivity index (χ1n) is 6.12. The first-order valence-corrected chi connectivity index (χ1v) is 6.12. The fraction of sp³-hybridized carbons (Fsp3) is 0.462. The third kappa shape index (κ3) is 4.51. The summed E-state index contributed by atoms with van der Waals surface area (Å²) in [5.41, 5.74) is 1.24. The van der Waals surface area contributed by atoms with Crippen LogP contribution in [0.5, 0.6) is 0 Å². The highest BCUT2D eigenvalue weighted by molar-refractivity contribution is 5.98. The zero-order chi connectivity index (χ0) is 16.0. The van der Waals surface area contributed by atoms with E-state index in [9.17, 15) is 14.4 Å². The average Bonchev–Trinajstić information content (AvgIpc) is 2.47. The molecular formula is C13H17N3O5. The quantitative estimate of drug-likeness (QED) is 0.698. The number of hydrogen-bond acceptors (Lipinski definition) is 7. The molecular weight excluding hydrogens is 278 g/mol. The molecule has 0 aliphatic carbocycles.